The predicted octanol–water partition coefficient (Wildman–Crippen LogP) is 5.21. The van der Waals surface area contributed by atoms with E-state index < -0.39 is 0 Å². The minimum absolute atomic E-state index is 0.543. The molecule has 0 unspecified atom stereocenters. The lowest BCUT2D eigenvalue weighted by Gasteiger charge is -2.15. The van der Waals surface area contributed by atoms with Crippen molar-refractivity contribution in [3.05, 3.63) is 60.7 Å². The van der Waals surface area contributed by atoms with Gasteiger partial charge < -0.3 is 28.3 Å². The van der Waals surface area contributed by atoms with Gasteiger partial charge in [0, 0.05) is 12.1 Å². The normalized spacial score (nSPS) is 10.8. The van der Waals surface area contributed by atoms with Crippen molar-refractivity contribution in [1.29, 1.82) is 0 Å². The van der Waals surface area contributed by atoms with Crippen LogP contribution in [0.25, 0.3) is 22.4 Å². The van der Waals surface area contributed by atoms with Crippen LogP contribution < -0.4 is 23.7 Å². The van der Waals surface area contributed by atoms with E-state index in [9.17, 15) is 0 Å². The molecular weight excluding hydrogens is 420 g/mol. The highest BCUT2D eigenvalue weighted by Crippen LogP contribution is 2.41. The maximum atomic E-state index is 5.97. The number of aryl methyl sites for hydroxylation is 1. The van der Waals surface area contributed by atoms with Crippen molar-refractivity contribution in [1.82, 2.24) is 9.55 Å². The summed E-state index contributed by atoms with van der Waals surface area (Å²) in [4.78, 5) is 4.90. The largest absolute Gasteiger partial charge is 0.493 e. The van der Waals surface area contributed by atoms with E-state index in [-0.39, 0.29) is 0 Å². The van der Waals surface area contributed by atoms with E-state index in [4.69, 9.17) is 28.7 Å². The Balaban J connectivity index is 1.64. The molecule has 0 fully saturated rings. The lowest BCUT2D eigenvalue weighted by Crippen LogP contribution is -2.07. The average molecular weight is 449 g/mol. The topological polar surface area (TPSA) is 64.0 Å². The van der Waals surface area contributed by atoms with Crippen LogP contribution in [0.3, 0.4) is 0 Å². The van der Waals surface area contributed by atoms with Gasteiger partial charge in [-0.25, -0.2) is 4.98 Å². The van der Waals surface area contributed by atoms with E-state index in [2.05, 4.69) is 10.6 Å². The van der Waals surface area contributed by atoms with E-state index in [1.54, 1.807) is 28.4 Å². The van der Waals surface area contributed by atoms with Crippen molar-refractivity contribution >= 4 is 11.0 Å². The molecule has 1 aromatic heterocycles. The average Bonchev–Trinajstić information content (AvgIpc) is 3.24. The van der Waals surface area contributed by atoms with Gasteiger partial charge in [0.05, 0.1) is 46.1 Å². The fraction of sp³-hybridized carbons (Fsp3) is 0.269. The lowest BCUT2D eigenvalue weighted by atomic mass is 10.1. The third-order valence-corrected chi connectivity index (χ3v) is 5.43. The van der Waals surface area contributed by atoms with Crippen molar-refractivity contribution in [2.45, 2.75) is 13.0 Å². The molecule has 7 nitrogen and oxygen atoms in total. The van der Waals surface area contributed by atoms with Crippen molar-refractivity contribution in [2.75, 3.05) is 35.0 Å². The first kappa shape index (κ1) is 22.3. The highest BCUT2D eigenvalue weighted by molar-refractivity contribution is 5.81. The molecule has 0 saturated carbocycles. The summed E-state index contributed by atoms with van der Waals surface area (Å²) in [6.45, 7) is 1.27. The van der Waals surface area contributed by atoms with Crippen molar-refractivity contribution in [3.63, 3.8) is 0 Å². The molecule has 0 bridgehead atoms. The number of ether oxygens (including phenoxy) is 5. The number of imidazole rings is 1. The summed E-state index contributed by atoms with van der Waals surface area (Å²) in [5.41, 5.74) is 2.86. The molecule has 0 saturated heterocycles. The molecule has 0 aliphatic carbocycles. The predicted molar refractivity (Wildman–Crippen MR) is 128 cm³/mol. The van der Waals surface area contributed by atoms with Gasteiger partial charge in [0.1, 0.15) is 5.82 Å². The Labute approximate surface area is 193 Å². The van der Waals surface area contributed by atoms with Gasteiger partial charge in [-0.1, -0.05) is 24.3 Å². The molecule has 0 aliphatic heterocycles. The SMILES string of the molecule is COc1ccccc1OCCCn1c(-c2cc(OC)c(OC)c(OC)c2)nc2ccccc21. The minimum Gasteiger partial charge on any atom is -0.493 e. The molecule has 0 aliphatic rings. The number of para-hydroxylation sites is 4. The number of hydrogen-bond donors (Lipinski definition) is 0. The van der Waals surface area contributed by atoms with Gasteiger partial charge in [0.2, 0.25) is 5.75 Å². The third-order valence-electron chi connectivity index (χ3n) is 5.43. The second-order valence-corrected chi connectivity index (χ2v) is 7.34. The summed E-state index contributed by atoms with van der Waals surface area (Å²) >= 11 is 0. The summed E-state index contributed by atoms with van der Waals surface area (Å²) in [5.74, 6) is 4.02. The van der Waals surface area contributed by atoms with Crippen LogP contribution in [0.4, 0.5) is 0 Å². The smallest absolute Gasteiger partial charge is 0.203 e. The summed E-state index contributed by atoms with van der Waals surface area (Å²) in [7, 11) is 6.46. The fourth-order valence-corrected chi connectivity index (χ4v) is 3.88. The maximum Gasteiger partial charge on any atom is 0.203 e. The number of hydrogen-bond acceptors (Lipinski definition) is 6. The van der Waals surface area contributed by atoms with Gasteiger partial charge in [0.15, 0.2) is 23.0 Å². The number of rotatable bonds is 10. The first-order chi connectivity index (χ1) is 16.2. The van der Waals surface area contributed by atoms with E-state index >= 15 is 0 Å². The second kappa shape index (κ2) is 10.2. The Kier molecular flexibility index (Phi) is 6.88. The molecule has 0 radical (unpaired) electrons. The number of fused-ring (bicyclic) bond motifs is 1. The molecule has 4 aromatic rings. The quantitative estimate of drug-likeness (QED) is 0.311. The van der Waals surface area contributed by atoms with Crippen molar-refractivity contribution < 1.29 is 23.7 Å². The van der Waals surface area contributed by atoms with E-state index in [1.165, 1.54) is 0 Å². The molecule has 3 aromatic carbocycles. The number of methoxy groups -OCH3 is 4. The summed E-state index contributed by atoms with van der Waals surface area (Å²) < 4.78 is 30.1. The Bertz CT molecular complexity index is 1210. The molecule has 4 rings (SSSR count). The van der Waals surface area contributed by atoms with Crippen molar-refractivity contribution in [2.24, 2.45) is 0 Å². The Morgan fingerprint density at radius 3 is 2.03 bits per heavy atom. The summed E-state index contributed by atoms with van der Waals surface area (Å²) in [6, 6.07) is 19.6. The molecule has 0 amide bonds. The van der Waals surface area contributed by atoms with Crippen LogP contribution in [0.2, 0.25) is 0 Å². The lowest BCUT2D eigenvalue weighted by molar-refractivity contribution is 0.283. The Morgan fingerprint density at radius 2 is 1.36 bits per heavy atom. The maximum absolute atomic E-state index is 5.97. The van der Waals surface area contributed by atoms with Gasteiger partial charge >= 0.3 is 0 Å². The monoisotopic (exact) mass is 448 g/mol. The van der Waals surface area contributed by atoms with Gasteiger partial charge in [0.25, 0.3) is 0 Å². The zero-order valence-corrected chi connectivity index (χ0v) is 19.3. The molecule has 33 heavy (non-hydrogen) atoms. The standard InChI is InChI=1S/C26H28N2O5/c1-29-21-12-7-8-13-22(21)33-15-9-14-28-20-11-6-5-10-19(20)27-26(28)18-16-23(30-2)25(32-4)24(17-18)31-3/h5-8,10-13,16-17H,9,14-15H2,1-4H3. The van der Waals surface area contributed by atoms with Crippen LogP contribution in [0.1, 0.15) is 6.42 Å². The van der Waals surface area contributed by atoms with Crippen molar-refractivity contribution in [3.8, 4) is 40.1 Å². The van der Waals surface area contributed by atoms with Gasteiger partial charge in [-0.3, -0.25) is 0 Å². The number of aromatic nitrogens is 2. The van der Waals surface area contributed by atoms with Gasteiger partial charge in [-0.05, 0) is 42.8 Å². The van der Waals surface area contributed by atoms with Crippen LogP contribution >= 0.6 is 0 Å². The molecule has 7 heteroatoms. The number of benzene rings is 3. The van der Waals surface area contributed by atoms with Gasteiger partial charge in [-0.2, -0.15) is 0 Å². The van der Waals surface area contributed by atoms with Crippen LogP contribution in [-0.2, 0) is 6.54 Å². The molecule has 172 valence electrons. The van der Waals surface area contributed by atoms with E-state index in [0.717, 1.165) is 46.9 Å². The van der Waals surface area contributed by atoms with E-state index in [0.29, 0.717) is 23.9 Å². The molecular formula is C26H28N2O5. The zero-order chi connectivity index (χ0) is 23.2. The van der Waals surface area contributed by atoms with Crippen LogP contribution in [0.15, 0.2) is 60.7 Å². The van der Waals surface area contributed by atoms with Crippen LogP contribution in [0.5, 0.6) is 28.7 Å². The Morgan fingerprint density at radius 1 is 0.727 bits per heavy atom. The minimum atomic E-state index is 0.543. The Hall–Kier alpha value is -3.87. The molecule has 1 heterocycles. The van der Waals surface area contributed by atoms with Crippen LogP contribution in [0, 0.1) is 0 Å². The van der Waals surface area contributed by atoms with Crippen LogP contribution in [-0.4, -0.2) is 44.6 Å². The molecule has 0 N–H and O–H groups in total. The first-order valence-corrected chi connectivity index (χ1v) is 10.7. The highest BCUT2D eigenvalue weighted by Gasteiger charge is 2.19. The fourth-order valence-electron chi connectivity index (χ4n) is 3.88. The number of nitrogens with zero attached hydrogens (tertiary/aromatic N) is 2. The second-order valence-electron chi connectivity index (χ2n) is 7.34. The highest BCUT2D eigenvalue weighted by atomic mass is 16.5. The third kappa shape index (κ3) is 4.53. The zero-order valence-electron chi connectivity index (χ0n) is 19.3. The summed E-state index contributed by atoms with van der Waals surface area (Å²) in [6.07, 6.45) is 0.788. The molecule has 0 atom stereocenters. The van der Waals surface area contributed by atoms with E-state index in [1.807, 2.05) is 54.6 Å². The van der Waals surface area contributed by atoms with Gasteiger partial charge in [-0.15, -0.1) is 0 Å². The summed E-state index contributed by atoms with van der Waals surface area (Å²) in [5, 5.41) is 0. The molecule has 0 spiro atoms. The first-order valence-electron chi connectivity index (χ1n) is 10.7.